The van der Waals surface area contributed by atoms with Crippen molar-refractivity contribution in [1.29, 1.82) is 0 Å². The van der Waals surface area contributed by atoms with Crippen molar-refractivity contribution in [2.45, 2.75) is 40.3 Å². The third-order valence-electron chi connectivity index (χ3n) is 2.08. The van der Waals surface area contributed by atoms with E-state index in [-0.39, 0.29) is 12.4 Å². The maximum absolute atomic E-state index is 4.31. The van der Waals surface area contributed by atoms with Crippen LogP contribution >= 0.6 is 12.4 Å². The summed E-state index contributed by atoms with van der Waals surface area (Å²) in [6, 6.07) is 2.09. The number of nitrogens with one attached hydrogen (secondary N) is 1. The summed E-state index contributed by atoms with van der Waals surface area (Å²) in [5.74, 6) is 0.653. The SMILES string of the molecule is CCCNCc1ccnn1CC(C)C.Cl. The van der Waals surface area contributed by atoms with Crippen LogP contribution in [-0.2, 0) is 13.1 Å². The van der Waals surface area contributed by atoms with Gasteiger partial charge in [0.1, 0.15) is 0 Å². The lowest BCUT2D eigenvalue weighted by Crippen LogP contribution is -2.18. The van der Waals surface area contributed by atoms with Crippen LogP contribution in [0.15, 0.2) is 12.3 Å². The molecule has 0 unspecified atom stereocenters. The van der Waals surface area contributed by atoms with Crippen molar-refractivity contribution in [3.8, 4) is 0 Å². The molecule has 0 amide bonds. The van der Waals surface area contributed by atoms with Gasteiger partial charge in [-0.3, -0.25) is 4.68 Å². The quantitative estimate of drug-likeness (QED) is 0.763. The van der Waals surface area contributed by atoms with Gasteiger partial charge in [-0.2, -0.15) is 5.10 Å². The van der Waals surface area contributed by atoms with E-state index in [1.165, 1.54) is 12.1 Å². The highest BCUT2D eigenvalue weighted by Gasteiger charge is 2.03. The number of hydrogen-bond donors (Lipinski definition) is 1. The zero-order chi connectivity index (χ0) is 10.4. The van der Waals surface area contributed by atoms with E-state index in [1.54, 1.807) is 0 Å². The lowest BCUT2D eigenvalue weighted by molar-refractivity contribution is 0.461. The van der Waals surface area contributed by atoms with Crippen molar-refractivity contribution in [3.05, 3.63) is 18.0 Å². The topological polar surface area (TPSA) is 29.9 Å². The van der Waals surface area contributed by atoms with Gasteiger partial charge in [-0.1, -0.05) is 20.8 Å². The first-order valence-corrected chi connectivity index (χ1v) is 5.45. The Balaban J connectivity index is 0.00000196. The van der Waals surface area contributed by atoms with Crippen molar-refractivity contribution in [2.75, 3.05) is 6.54 Å². The van der Waals surface area contributed by atoms with Crippen LogP contribution in [0.4, 0.5) is 0 Å². The maximum atomic E-state index is 4.31. The molecule has 0 fully saturated rings. The molecule has 0 radical (unpaired) electrons. The van der Waals surface area contributed by atoms with Gasteiger partial charge in [-0.25, -0.2) is 0 Å². The third-order valence-corrected chi connectivity index (χ3v) is 2.08. The molecular formula is C11H22ClN3. The van der Waals surface area contributed by atoms with Crippen LogP contribution in [0.5, 0.6) is 0 Å². The molecule has 15 heavy (non-hydrogen) atoms. The number of halogens is 1. The monoisotopic (exact) mass is 231 g/mol. The van der Waals surface area contributed by atoms with Crippen LogP contribution in [0, 0.1) is 5.92 Å². The number of nitrogens with zero attached hydrogens (tertiary/aromatic N) is 2. The summed E-state index contributed by atoms with van der Waals surface area (Å²) in [7, 11) is 0. The van der Waals surface area contributed by atoms with Crippen molar-refractivity contribution in [2.24, 2.45) is 5.92 Å². The molecule has 88 valence electrons. The molecule has 0 spiro atoms. The first-order chi connectivity index (χ1) is 6.74. The first-order valence-electron chi connectivity index (χ1n) is 5.45. The van der Waals surface area contributed by atoms with Gasteiger partial charge < -0.3 is 5.32 Å². The zero-order valence-corrected chi connectivity index (χ0v) is 10.7. The fourth-order valence-electron chi connectivity index (χ4n) is 1.41. The molecule has 0 aliphatic heterocycles. The van der Waals surface area contributed by atoms with Gasteiger partial charge in [0.25, 0.3) is 0 Å². The standard InChI is InChI=1S/C11H21N3.ClH/c1-4-6-12-8-11-5-7-13-14(11)9-10(2)3;/h5,7,10,12H,4,6,8-9H2,1-3H3;1H. The number of hydrogen-bond acceptors (Lipinski definition) is 2. The molecule has 0 bridgehead atoms. The summed E-state index contributed by atoms with van der Waals surface area (Å²) < 4.78 is 2.09. The van der Waals surface area contributed by atoms with Gasteiger partial charge in [0.05, 0.1) is 5.69 Å². The Labute approximate surface area is 98.7 Å². The highest BCUT2D eigenvalue weighted by Crippen LogP contribution is 2.03. The average Bonchev–Trinajstić information content (AvgIpc) is 2.52. The van der Waals surface area contributed by atoms with Gasteiger partial charge in [0, 0.05) is 19.3 Å². The molecule has 1 rings (SSSR count). The van der Waals surface area contributed by atoms with Crippen LogP contribution in [0.3, 0.4) is 0 Å². The second-order valence-electron chi connectivity index (χ2n) is 4.08. The van der Waals surface area contributed by atoms with E-state index >= 15 is 0 Å². The zero-order valence-electron chi connectivity index (χ0n) is 9.86. The minimum atomic E-state index is 0. The molecule has 0 saturated heterocycles. The molecule has 1 N–H and O–H groups in total. The number of rotatable bonds is 6. The van der Waals surface area contributed by atoms with E-state index in [9.17, 15) is 0 Å². The van der Waals surface area contributed by atoms with E-state index in [0.717, 1.165) is 19.6 Å². The highest BCUT2D eigenvalue weighted by atomic mass is 35.5. The van der Waals surface area contributed by atoms with Gasteiger partial charge >= 0.3 is 0 Å². The maximum Gasteiger partial charge on any atom is 0.0522 e. The Bertz CT molecular complexity index is 258. The molecule has 0 atom stereocenters. The molecule has 1 aromatic rings. The molecule has 3 nitrogen and oxygen atoms in total. The van der Waals surface area contributed by atoms with Crippen LogP contribution in [0.25, 0.3) is 0 Å². The van der Waals surface area contributed by atoms with Crippen LogP contribution in [-0.4, -0.2) is 16.3 Å². The lowest BCUT2D eigenvalue weighted by atomic mass is 10.2. The second kappa shape index (κ2) is 7.71. The highest BCUT2D eigenvalue weighted by molar-refractivity contribution is 5.85. The van der Waals surface area contributed by atoms with Crippen molar-refractivity contribution < 1.29 is 0 Å². The van der Waals surface area contributed by atoms with Crippen LogP contribution < -0.4 is 5.32 Å². The Morgan fingerprint density at radius 3 is 2.80 bits per heavy atom. The summed E-state index contributed by atoms with van der Waals surface area (Å²) in [5.41, 5.74) is 1.28. The van der Waals surface area contributed by atoms with E-state index in [4.69, 9.17) is 0 Å². The fraction of sp³-hybridized carbons (Fsp3) is 0.727. The van der Waals surface area contributed by atoms with Gasteiger partial charge in [-0.15, -0.1) is 12.4 Å². The normalized spacial score (nSPS) is 10.4. The molecule has 0 saturated carbocycles. The van der Waals surface area contributed by atoms with Crippen LogP contribution in [0.1, 0.15) is 32.9 Å². The van der Waals surface area contributed by atoms with E-state index in [0.29, 0.717) is 5.92 Å². The molecule has 1 heterocycles. The third kappa shape index (κ3) is 5.19. The molecule has 1 aromatic heterocycles. The first kappa shape index (κ1) is 14.5. The molecule has 0 aliphatic rings. The van der Waals surface area contributed by atoms with Crippen molar-refractivity contribution in [3.63, 3.8) is 0 Å². The Morgan fingerprint density at radius 2 is 2.20 bits per heavy atom. The van der Waals surface area contributed by atoms with Crippen molar-refractivity contribution in [1.82, 2.24) is 15.1 Å². The van der Waals surface area contributed by atoms with Crippen molar-refractivity contribution >= 4 is 12.4 Å². The predicted octanol–water partition coefficient (Wildman–Crippen LogP) is 2.46. The minimum absolute atomic E-state index is 0. The van der Waals surface area contributed by atoms with E-state index < -0.39 is 0 Å². The van der Waals surface area contributed by atoms with E-state index in [2.05, 4.69) is 41.9 Å². The molecule has 0 aromatic carbocycles. The summed E-state index contributed by atoms with van der Waals surface area (Å²) in [6.07, 6.45) is 3.06. The van der Waals surface area contributed by atoms with E-state index in [1.807, 2.05) is 6.20 Å². The predicted molar refractivity (Wildman–Crippen MR) is 66.3 cm³/mol. The fourth-order valence-corrected chi connectivity index (χ4v) is 1.41. The van der Waals surface area contributed by atoms with Gasteiger partial charge in [0.2, 0.25) is 0 Å². The minimum Gasteiger partial charge on any atom is -0.311 e. The molecular weight excluding hydrogens is 210 g/mol. The summed E-state index contributed by atoms with van der Waals surface area (Å²) in [6.45, 7) is 9.62. The Kier molecular flexibility index (Phi) is 7.44. The lowest BCUT2D eigenvalue weighted by Gasteiger charge is -2.10. The largest absolute Gasteiger partial charge is 0.311 e. The second-order valence-corrected chi connectivity index (χ2v) is 4.08. The summed E-state index contributed by atoms with van der Waals surface area (Å²) in [5, 5.41) is 7.70. The van der Waals surface area contributed by atoms with Crippen LogP contribution in [0.2, 0.25) is 0 Å². The molecule has 0 aliphatic carbocycles. The summed E-state index contributed by atoms with van der Waals surface area (Å²) in [4.78, 5) is 0. The molecule has 4 heteroatoms. The van der Waals surface area contributed by atoms with Gasteiger partial charge in [-0.05, 0) is 24.9 Å². The smallest absolute Gasteiger partial charge is 0.0522 e. The van der Waals surface area contributed by atoms with Gasteiger partial charge in [0.15, 0.2) is 0 Å². The average molecular weight is 232 g/mol. The Morgan fingerprint density at radius 1 is 1.47 bits per heavy atom. The summed E-state index contributed by atoms with van der Waals surface area (Å²) >= 11 is 0. The Hall–Kier alpha value is -0.540. The number of aromatic nitrogens is 2.